The number of carbonyl (C=O) groups is 1. The highest BCUT2D eigenvalue weighted by Crippen LogP contribution is 2.28. The molecule has 1 atom stereocenters. The molecule has 0 fully saturated rings. The third-order valence-corrected chi connectivity index (χ3v) is 3.12. The van der Waals surface area contributed by atoms with Crippen LogP contribution in [0.15, 0.2) is 42.6 Å². The highest BCUT2D eigenvalue weighted by Gasteiger charge is 2.15. The molecule has 0 unspecified atom stereocenters. The van der Waals surface area contributed by atoms with Crippen molar-refractivity contribution >= 4 is 17.4 Å². The molecule has 0 aliphatic carbocycles. The number of nitro groups is 1. The molecule has 1 aromatic carbocycles. The largest absolute Gasteiger partial charge is 0.494 e. The molecule has 1 heterocycles. The van der Waals surface area contributed by atoms with Gasteiger partial charge in [-0.15, -0.1) is 0 Å². The number of benzene rings is 1. The van der Waals surface area contributed by atoms with Crippen LogP contribution in [-0.2, 0) is 0 Å². The number of hydrogen-bond acceptors (Lipinski definition) is 5. The third-order valence-electron chi connectivity index (χ3n) is 3.12. The highest BCUT2D eigenvalue weighted by atomic mass is 16.6. The van der Waals surface area contributed by atoms with E-state index in [1.807, 2.05) is 6.07 Å². The summed E-state index contributed by atoms with van der Waals surface area (Å²) in [5.74, 6) is 0.208. The summed E-state index contributed by atoms with van der Waals surface area (Å²) in [7, 11) is 1.37. The number of nitrogens with one attached hydrogen (secondary N) is 2. The first-order valence-corrected chi connectivity index (χ1v) is 6.82. The summed E-state index contributed by atoms with van der Waals surface area (Å²) >= 11 is 0. The first kappa shape index (κ1) is 16.2. The molecule has 2 aromatic rings. The Kier molecular flexibility index (Phi) is 5.08. The standard InChI is InChI=1S/C15H16N4O4/c1-10(12-5-3-4-8-16-12)17-15(20)18-13-7-6-11(19(21)22)9-14(13)23-2/h3-10H,1-2H3,(H2,17,18,20)/t10-/m0/s1. The molecule has 2 rings (SSSR count). The molecule has 23 heavy (non-hydrogen) atoms. The minimum Gasteiger partial charge on any atom is -0.494 e. The van der Waals surface area contributed by atoms with E-state index in [0.717, 1.165) is 5.69 Å². The third kappa shape index (κ3) is 4.16. The van der Waals surface area contributed by atoms with E-state index in [2.05, 4.69) is 15.6 Å². The number of hydrogen-bond donors (Lipinski definition) is 2. The summed E-state index contributed by atoms with van der Waals surface area (Å²) in [5, 5.41) is 16.1. The number of ether oxygens (including phenoxy) is 1. The maximum absolute atomic E-state index is 12.0. The van der Waals surface area contributed by atoms with Gasteiger partial charge < -0.3 is 15.4 Å². The van der Waals surface area contributed by atoms with E-state index in [4.69, 9.17) is 4.74 Å². The summed E-state index contributed by atoms with van der Waals surface area (Å²) in [4.78, 5) is 26.4. The molecule has 0 radical (unpaired) electrons. The molecule has 0 aliphatic rings. The van der Waals surface area contributed by atoms with Gasteiger partial charge in [0, 0.05) is 12.3 Å². The average Bonchev–Trinajstić information content (AvgIpc) is 2.55. The van der Waals surface area contributed by atoms with Crippen molar-refractivity contribution in [1.29, 1.82) is 0 Å². The van der Waals surface area contributed by atoms with Crippen molar-refractivity contribution in [1.82, 2.24) is 10.3 Å². The lowest BCUT2D eigenvalue weighted by Crippen LogP contribution is -2.31. The van der Waals surface area contributed by atoms with Crippen LogP contribution in [-0.4, -0.2) is 23.0 Å². The summed E-state index contributed by atoms with van der Waals surface area (Å²) in [5.41, 5.74) is 0.941. The number of nitrogens with zero attached hydrogens (tertiary/aromatic N) is 2. The quantitative estimate of drug-likeness (QED) is 0.651. The van der Waals surface area contributed by atoms with Crippen LogP contribution < -0.4 is 15.4 Å². The van der Waals surface area contributed by atoms with Crippen LogP contribution in [0.5, 0.6) is 5.75 Å². The van der Waals surface area contributed by atoms with Crippen LogP contribution in [0.2, 0.25) is 0 Å². The van der Waals surface area contributed by atoms with E-state index in [1.54, 1.807) is 25.3 Å². The van der Waals surface area contributed by atoms with Gasteiger partial charge in [-0.3, -0.25) is 15.1 Å². The number of urea groups is 1. The van der Waals surface area contributed by atoms with Crippen molar-refractivity contribution in [2.75, 3.05) is 12.4 Å². The minimum absolute atomic E-state index is 0.116. The Morgan fingerprint density at radius 1 is 1.35 bits per heavy atom. The number of nitro benzene ring substituents is 1. The molecule has 0 bridgehead atoms. The number of non-ortho nitro benzene ring substituents is 1. The monoisotopic (exact) mass is 316 g/mol. The number of methoxy groups -OCH3 is 1. The van der Waals surface area contributed by atoms with E-state index >= 15 is 0 Å². The predicted molar refractivity (Wildman–Crippen MR) is 84.5 cm³/mol. The van der Waals surface area contributed by atoms with Gasteiger partial charge in [0.25, 0.3) is 5.69 Å². The number of amides is 2. The first-order chi connectivity index (χ1) is 11.0. The van der Waals surface area contributed by atoms with Crippen LogP contribution in [0.25, 0.3) is 0 Å². The zero-order valence-electron chi connectivity index (χ0n) is 12.6. The fourth-order valence-electron chi connectivity index (χ4n) is 1.96. The Morgan fingerprint density at radius 2 is 2.13 bits per heavy atom. The Hall–Kier alpha value is -3.16. The fourth-order valence-corrected chi connectivity index (χ4v) is 1.96. The summed E-state index contributed by atoms with van der Waals surface area (Å²) < 4.78 is 5.07. The van der Waals surface area contributed by atoms with Crippen LogP contribution in [0.4, 0.5) is 16.2 Å². The van der Waals surface area contributed by atoms with Crippen LogP contribution in [0.3, 0.4) is 0 Å². The van der Waals surface area contributed by atoms with E-state index < -0.39 is 11.0 Å². The van der Waals surface area contributed by atoms with Gasteiger partial charge in [0.05, 0.1) is 35.5 Å². The van der Waals surface area contributed by atoms with Crippen molar-refractivity contribution in [2.24, 2.45) is 0 Å². The van der Waals surface area contributed by atoms with Gasteiger partial charge in [-0.05, 0) is 25.1 Å². The summed E-state index contributed by atoms with van der Waals surface area (Å²) in [6.45, 7) is 1.80. The Balaban J connectivity index is 2.07. The summed E-state index contributed by atoms with van der Waals surface area (Å²) in [6.07, 6.45) is 1.64. The molecule has 8 heteroatoms. The second kappa shape index (κ2) is 7.21. The van der Waals surface area contributed by atoms with Crippen molar-refractivity contribution in [3.05, 3.63) is 58.4 Å². The lowest BCUT2D eigenvalue weighted by Gasteiger charge is -2.15. The number of pyridine rings is 1. The molecule has 0 aliphatic heterocycles. The van der Waals surface area contributed by atoms with Gasteiger partial charge in [0.15, 0.2) is 0 Å². The van der Waals surface area contributed by atoms with E-state index in [1.165, 1.54) is 25.3 Å². The second-order valence-corrected chi connectivity index (χ2v) is 4.72. The zero-order valence-corrected chi connectivity index (χ0v) is 12.6. The van der Waals surface area contributed by atoms with Crippen molar-refractivity contribution in [3.63, 3.8) is 0 Å². The van der Waals surface area contributed by atoms with Gasteiger partial charge in [-0.1, -0.05) is 6.07 Å². The molecule has 0 saturated heterocycles. The maximum atomic E-state index is 12.0. The van der Waals surface area contributed by atoms with Gasteiger partial charge in [0.2, 0.25) is 0 Å². The van der Waals surface area contributed by atoms with E-state index in [9.17, 15) is 14.9 Å². The predicted octanol–water partition coefficient (Wildman–Crippen LogP) is 2.88. The zero-order chi connectivity index (χ0) is 16.8. The highest BCUT2D eigenvalue weighted by molar-refractivity contribution is 5.91. The summed E-state index contributed by atoms with van der Waals surface area (Å²) in [6, 6.07) is 8.63. The lowest BCUT2D eigenvalue weighted by atomic mass is 10.2. The normalized spacial score (nSPS) is 11.4. The topological polar surface area (TPSA) is 106 Å². The van der Waals surface area contributed by atoms with Crippen LogP contribution in [0.1, 0.15) is 18.7 Å². The molecule has 8 nitrogen and oxygen atoms in total. The molecule has 120 valence electrons. The number of anilines is 1. The Bertz CT molecular complexity index is 706. The fraction of sp³-hybridized carbons (Fsp3) is 0.200. The van der Waals surface area contributed by atoms with Gasteiger partial charge in [-0.25, -0.2) is 4.79 Å². The SMILES string of the molecule is COc1cc([N+](=O)[O-])ccc1NC(=O)N[C@@H](C)c1ccccn1. The Labute approximate surface area is 132 Å². The van der Waals surface area contributed by atoms with Crippen molar-refractivity contribution in [3.8, 4) is 5.75 Å². The first-order valence-electron chi connectivity index (χ1n) is 6.82. The van der Waals surface area contributed by atoms with Gasteiger partial charge >= 0.3 is 6.03 Å². The van der Waals surface area contributed by atoms with E-state index in [-0.39, 0.29) is 17.5 Å². The van der Waals surface area contributed by atoms with Crippen molar-refractivity contribution in [2.45, 2.75) is 13.0 Å². The van der Waals surface area contributed by atoms with Crippen LogP contribution in [0, 0.1) is 10.1 Å². The minimum atomic E-state index is -0.532. The average molecular weight is 316 g/mol. The molecular formula is C15H16N4O4. The van der Waals surface area contributed by atoms with Crippen LogP contribution >= 0.6 is 0 Å². The van der Waals surface area contributed by atoms with E-state index in [0.29, 0.717) is 5.69 Å². The number of carbonyl (C=O) groups excluding carboxylic acids is 1. The molecule has 0 spiro atoms. The second-order valence-electron chi connectivity index (χ2n) is 4.72. The molecule has 1 aromatic heterocycles. The molecule has 2 amide bonds. The number of rotatable bonds is 5. The molecule has 2 N–H and O–H groups in total. The smallest absolute Gasteiger partial charge is 0.319 e. The van der Waals surface area contributed by atoms with Crippen molar-refractivity contribution < 1.29 is 14.5 Å². The maximum Gasteiger partial charge on any atom is 0.319 e. The number of aromatic nitrogens is 1. The molecule has 0 saturated carbocycles. The molecular weight excluding hydrogens is 300 g/mol. The Morgan fingerprint density at radius 3 is 2.74 bits per heavy atom. The lowest BCUT2D eigenvalue weighted by molar-refractivity contribution is -0.384. The van der Waals surface area contributed by atoms with Gasteiger partial charge in [0.1, 0.15) is 5.75 Å². The van der Waals surface area contributed by atoms with Gasteiger partial charge in [-0.2, -0.15) is 0 Å².